The largest absolute Gasteiger partial charge is 0.379 e. The molecule has 0 aromatic carbocycles. The summed E-state index contributed by atoms with van der Waals surface area (Å²) in [6.45, 7) is 7.60. The Bertz CT molecular complexity index is 230. The van der Waals surface area contributed by atoms with E-state index < -0.39 is 0 Å². The third-order valence-corrected chi connectivity index (χ3v) is 3.04. The maximum absolute atomic E-state index is 11.7. The van der Waals surface area contributed by atoms with Crippen LogP contribution in [0.4, 0.5) is 0 Å². The van der Waals surface area contributed by atoms with Crippen molar-refractivity contribution < 1.29 is 9.53 Å². The lowest BCUT2D eigenvalue weighted by molar-refractivity contribution is -0.123. The highest BCUT2D eigenvalue weighted by atomic mass is 16.5. The molecule has 4 nitrogen and oxygen atoms in total. The van der Waals surface area contributed by atoms with Crippen molar-refractivity contribution in [2.45, 2.75) is 52.1 Å². The van der Waals surface area contributed by atoms with Crippen LogP contribution < -0.4 is 11.1 Å². The monoisotopic (exact) mass is 228 g/mol. The van der Waals surface area contributed by atoms with Crippen LogP contribution in [0.15, 0.2) is 0 Å². The van der Waals surface area contributed by atoms with Gasteiger partial charge in [0, 0.05) is 19.1 Å². The van der Waals surface area contributed by atoms with Gasteiger partial charge in [-0.15, -0.1) is 0 Å². The average molecular weight is 228 g/mol. The van der Waals surface area contributed by atoms with E-state index in [0.717, 1.165) is 19.4 Å². The molecule has 0 aromatic rings. The number of rotatable bonds is 3. The minimum atomic E-state index is -0.1000. The van der Waals surface area contributed by atoms with Gasteiger partial charge in [-0.1, -0.05) is 20.8 Å². The first-order valence-corrected chi connectivity index (χ1v) is 6.02. The summed E-state index contributed by atoms with van der Waals surface area (Å²) in [6.07, 6.45) is 2.42. The van der Waals surface area contributed by atoms with Crippen molar-refractivity contribution >= 4 is 5.91 Å². The van der Waals surface area contributed by atoms with Crippen LogP contribution in [0.25, 0.3) is 0 Å². The van der Waals surface area contributed by atoms with Crippen molar-refractivity contribution in [2.75, 3.05) is 13.2 Å². The fraction of sp³-hybridized carbons (Fsp3) is 0.917. The van der Waals surface area contributed by atoms with Crippen molar-refractivity contribution in [3.63, 3.8) is 0 Å². The van der Waals surface area contributed by atoms with Crippen LogP contribution in [0.5, 0.6) is 0 Å². The summed E-state index contributed by atoms with van der Waals surface area (Å²) in [6, 6.07) is 0.0745. The molecular weight excluding hydrogens is 204 g/mol. The van der Waals surface area contributed by atoms with Crippen LogP contribution in [0.2, 0.25) is 0 Å². The molecule has 0 saturated carbocycles. The van der Waals surface area contributed by atoms with E-state index in [4.69, 9.17) is 10.5 Å². The molecule has 1 heterocycles. The Labute approximate surface area is 97.9 Å². The highest BCUT2D eigenvalue weighted by Gasteiger charge is 2.24. The summed E-state index contributed by atoms with van der Waals surface area (Å²) >= 11 is 0. The van der Waals surface area contributed by atoms with E-state index in [1.165, 1.54) is 0 Å². The Morgan fingerprint density at radius 1 is 1.56 bits per heavy atom. The van der Waals surface area contributed by atoms with E-state index >= 15 is 0 Å². The number of amides is 1. The molecule has 94 valence electrons. The summed E-state index contributed by atoms with van der Waals surface area (Å²) in [5.74, 6) is 0.0397. The Morgan fingerprint density at radius 2 is 2.25 bits per heavy atom. The van der Waals surface area contributed by atoms with Crippen molar-refractivity contribution in [2.24, 2.45) is 11.1 Å². The molecule has 2 unspecified atom stereocenters. The zero-order valence-electron chi connectivity index (χ0n) is 10.6. The lowest BCUT2D eigenvalue weighted by Crippen LogP contribution is -2.45. The normalized spacial score (nSPS) is 23.9. The van der Waals surface area contributed by atoms with E-state index in [-0.39, 0.29) is 23.4 Å². The molecule has 0 aliphatic carbocycles. The lowest BCUT2D eigenvalue weighted by atomic mass is 9.85. The van der Waals surface area contributed by atoms with Gasteiger partial charge in [0.25, 0.3) is 0 Å². The molecule has 0 spiro atoms. The third-order valence-electron chi connectivity index (χ3n) is 3.04. The van der Waals surface area contributed by atoms with Gasteiger partial charge in [-0.2, -0.15) is 0 Å². The number of ether oxygens (including phenoxy) is 1. The van der Waals surface area contributed by atoms with Crippen molar-refractivity contribution in [3.05, 3.63) is 0 Å². The maximum Gasteiger partial charge on any atom is 0.221 e. The fourth-order valence-electron chi connectivity index (χ4n) is 1.65. The molecule has 4 heteroatoms. The Hall–Kier alpha value is -0.610. The molecule has 1 fully saturated rings. The second-order valence-corrected chi connectivity index (χ2v) is 5.66. The first-order chi connectivity index (χ1) is 7.39. The van der Waals surface area contributed by atoms with Gasteiger partial charge in [-0.05, 0) is 18.3 Å². The molecule has 3 N–H and O–H groups in total. The van der Waals surface area contributed by atoms with Crippen LogP contribution in [0.1, 0.15) is 40.0 Å². The lowest BCUT2D eigenvalue weighted by Gasteiger charge is -2.28. The van der Waals surface area contributed by atoms with Gasteiger partial charge in [0.2, 0.25) is 5.91 Å². The van der Waals surface area contributed by atoms with Gasteiger partial charge in [0.1, 0.15) is 0 Å². The topological polar surface area (TPSA) is 64.4 Å². The summed E-state index contributed by atoms with van der Waals surface area (Å²) in [5, 5.41) is 2.98. The van der Waals surface area contributed by atoms with Crippen LogP contribution in [-0.4, -0.2) is 31.2 Å². The zero-order valence-corrected chi connectivity index (χ0v) is 10.6. The number of hydrogen-bond acceptors (Lipinski definition) is 3. The van der Waals surface area contributed by atoms with Gasteiger partial charge < -0.3 is 15.8 Å². The molecule has 0 bridgehead atoms. The number of hydrogen-bond donors (Lipinski definition) is 2. The van der Waals surface area contributed by atoms with Gasteiger partial charge in [-0.25, -0.2) is 0 Å². The summed E-state index contributed by atoms with van der Waals surface area (Å²) in [4.78, 5) is 11.7. The predicted molar refractivity (Wildman–Crippen MR) is 64.0 cm³/mol. The highest BCUT2D eigenvalue weighted by Crippen LogP contribution is 2.19. The van der Waals surface area contributed by atoms with Gasteiger partial charge in [0.15, 0.2) is 0 Å². The van der Waals surface area contributed by atoms with E-state index in [9.17, 15) is 4.79 Å². The predicted octanol–water partition coefficient (Wildman–Crippen LogP) is 1.05. The summed E-state index contributed by atoms with van der Waals surface area (Å²) in [5.41, 5.74) is 5.94. The van der Waals surface area contributed by atoms with Gasteiger partial charge >= 0.3 is 0 Å². The second-order valence-electron chi connectivity index (χ2n) is 5.66. The highest BCUT2D eigenvalue weighted by molar-refractivity contribution is 5.77. The maximum atomic E-state index is 11.7. The minimum Gasteiger partial charge on any atom is -0.379 e. The Balaban J connectivity index is 2.29. The SMILES string of the molecule is CC(C)(C)C(N)CC(=O)NC1CCCOC1. The first kappa shape index (κ1) is 13.5. The molecule has 1 amide bonds. The van der Waals surface area contributed by atoms with E-state index in [0.29, 0.717) is 13.0 Å². The second kappa shape index (κ2) is 5.64. The average Bonchev–Trinajstić information content (AvgIpc) is 2.17. The van der Waals surface area contributed by atoms with E-state index in [1.807, 2.05) is 0 Å². The zero-order chi connectivity index (χ0) is 12.2. The molecule has 16 heavy (non-hydrogen) atoms. The van der Waals surface area contributed by atoms with E-state index in [2.05, 4.69) is 26.1 Å². The number of carbonyl (C=O) groups is 1. The summed E-state index contributed by atoms with van der Waals surface area (Å²) in [7, 11) is 0. The van der Waals surface area contributed by atoms with Crippen LogP contribution in [0, 0.1) is 5.41 Å². The fourth-order valence-corrected chi connectivity index (χ4v) is 1.65. The van der Waals surface area contributed by atoms with Crippen molar-refractivity contribution in [3.8, 4) is 0 Å². The first-order valence-electron chi connectivity index (χ1n) is 6.02. The molecule has 1 saturated heterocycles. The van der Waals surface area contributed by atoms with Crippen LogP contribution in [0.3, 0.4) is 0 Å². The third kappa shape index (κ3) is 4.49. The minimum absolute atomic E-state index is 0.0274. The Morgan fingerprint density at radius 3 is 2.75 bits per heavy atom. The number of carbonyl (C=O) groups excluding carboxylic acids is 1. The number of nitrogens with one attached hydrogen (secondary N) is 1. The molecule has 1 aliphatic rings. The van der Waals surface area contributed by atoms with E-state index in [1.54, 1.807) is 0 Å². The van der Waals surface area contributed by atoms with Gasteiger partial charge in [-0.3, -0.25) is 4.79 Å². The van der Waals surface area contributed by atoms with Gasteiger partial charge in [0.05, 0.1) is 12.6 Å². The summed E-state index contributed by atoms with van der Waals surface area (Å²) < 4.78 is 5.31. The number of nitrogens with two attached hydrogens (primary N) is 1. The standard InChI is InChI=1S/C12H24N2O2/c1-12(2,3)10(13)7-11(15)14-9-5-4-6-16-8-9/h9-10H,4-8,13H2,1-3H3,(H,14,15). The quantitative estimate of drug-likeness (QED) is 0.758. The van der Waals surface area contributed by atoms with Crippen molar-refractivity contribution in [1.82, 2.24) is 5.32 Å². The molecule has 0 aromatic heterocycles. The molecule has 2 atom stereocenters. The molecular formula is C12H24N2O2. The van der Waals surface area contributed by atoms with Crippen molar-refractivity contribution in [1.29, 1.82) is 0 Å². The smallest absolute Gasteiger partial charge is 0.221 e. The van der Waals surface area contributed by atoms with Crippen LogP contribution >= 0.6 is 0 Å². The van der Waals surface area contributed by atoms with Crippen LogP contribution in [-0.2, 0) is 9.53 Å². The molecule has 1 rings (SSSR count). The molecule has 0 radical (unpaired) electrons. The Kier molecular flexibility index (Phi) is 4.74. The molecule has 1 aliphatic heterocycles.